The normalized spacial score (nSPS) is 56.6. The lowest BCUT2D eigenvalue weighted by molar-refractivity contribution is -0.228. The highest BCUT2D eigenvalue weighted by Gasteiger charge is 2.61. The predicted octanol–water partition coefficient (Wildman–Crippen LogP) is 0.669. The lowest BCUT2D eigenvalue weighted by atomic mass is 9.47. The summed E-state index contributed by atoms with van der Waals surface area (Å²) in [6.45, 7) is 0.676. The van der Waals surface area contributed by atoms with Crippen molar-refractivity contribution in [3.63, 3.8) is 0 Å². The Kier molecular flexibility index (Phi) is 2.59. The number of aliphatic hydroxyl groups excluding tert-OH is 1. The van der Waals surface area contributed by atoms with Gasteiger partial charge in [0.25, 0.3) is 0 Å². The molecule has 15 heavy (non-hydrogen) atoms. The maximum absolute atomic E-state index is 10.4. The fraction of sp³-hybridized carbons (Fsp3) is 1.00. The van der Waals surface area contributed by atoms with Crippen molar-refractivity contribution in [1.29, 1.82) is 0 Å². The molecule has 0 amide bonds. The van der Waals surface area contributed by atoms with Gasteiger partial charge in [-0.1, -0.05) is 0 Å². The van der Waals surface area contributed by atoms with Crippen LogP contribution in [-0.4, -0.2) is 28.5 Å². The molecule has 0 aliphatic heterocycles. The molecule has 4 aliphatic carbocycles. The fourth-order valence-electron chi connectivity index (χ4n) is 4.51. The van der Waals surface area contributed by atoms with Crippen LogP contribution in [0, 0.1) is 17.3 Å². The zero-order chi connectivity index (χ0) is 9.97. The Labute approximate surface area is 96.5 Å². The van der Waals surface area contributed by atoms with E-state index in [1.165, 1.54) is 6.42 Å². The third-order valence-corrected chi connectivity index (χ3v) is 4.81. The summed E-state index contributed by atoms with van der Waals surface area (Å²) < 4.78 is 0. The molecule has 0 aromatic carbocycles. The molecule has 3 nitrogen and oxygen atoms in total. The molecule has 4 saturated carbocycles. The molecule has 5 unspecified atom stereocenters. The van der Waals surface area contributed by atoms with Gasteiger partial charge in [0.15, 0.2) is 0 Å². The first kappa shape index (κ1) is 11.6. The molecule has 4 aliphatic rings. The largest absolute Gasteiger partial charge is 0.390 e. The topological polar surface area (TPSA) is 66.5 Å². The maximum atomic E-state index is 10.4. The molecule has 0 radical (unpaired) electrons. The maximum Gasteiger partial charge on any atom is 0.0916 e. The van der Waals surface area contributed by atoms with Crippen LogP contribution in [0.2, 0.25) is 0 Å². The summed E-state index contributed by atoms with van der Waals surface area (Å²) in [6.07, 6.45) is 4.35. The van der Waals surface area contributed by atoms with Crippen LogP contribution in [-0.2, 0) is 0 Å². The Balaban J connectivity index is 0.000000853. The van der Waals surface area contributed by atoms with Gasteiger partial charge in [0.1, 0.15) is 0 Å². The first-order valence-corrected chi connectivity index (χ1v) is 5.67. The van der Waals surface area contributed by atoms with Gasteiger partial charge in [-0.05, 0) is 55.9 Å². The van der Waals surface area contributed by atoms with Gasteiger partial charge in [0.2, 0.25) is 0 Å². The summed E-state index contributed by atoms with van der Waals surface area (Å²) in [4.78, 5) is 0. The highest BCUT2D eigenvalue weighted by atomic mass is 35.5. The molecule has 4 fully saturated rings. The second-order valence-corrected chi connectivity index (χ2v) is 5.90. The van der Waals surface area contributed by atoms with E-state index in [0.717, 1.165) is 25.7 Å². The Hall–Kier alpha value is 0.170. The molecular formula is C11H20ClNO2. The third kappa shape index (κ3) is 1.44. The van der Waals surface area contributed by atoms with E-state index in [-0.39, 0.29) is 17.8 Å². The quantitative estimate of drug-likeness (QED) is 0.624. The first-order chi connectivity index (χ1) is 6.57. The van der Waals surface area contributed by atoms with Gasteiger partial charge < -0.3 is 15.9 Å². The van der Waals surface area contributed by atoms with Crippen molar-refractivity contribution in [3.05, 3.63) is 0 Å². The minimum absolute atomic E-state index is 0. The molecule has 0 heterocycles. The van der Waals surface area contributed by atoms with Gasteiger partial charge in [0, 0.05) is 0 Å². The molecule has 0 saturated heterocycles. The van der Waals surface area contributed by atoms with Gasteiger partial charge in [-0.25, -0.2) is 0 Å². The highest BCUT2D eigenvalue weighted by molar-refractivity contribution is 5.85. The molecular weight excluding hydrogens is 214 g/mol. The van der Waals surface area contributed by atoms with E-state index >= 15 is 0 Å². The molecule has 4 rings (SSSR count). The number of aliphatic hydroxyl groups is 2. The van der Waals surface area contributed by atoms with Crippen LogP contribution in [0.1, 0.15) is 32.1 Å². The minimum Gasteiger partial charge on any atom is -0.390 e. The van der Waals surface area contributed by atoms with E-state index in [1.54, 1.807) is 0 Å². The minimum atomic E-state index is -0.802. The number of hydrogen-bond acceptors (Lipinski definition) is 3. The molecule has 4 heteroatoms. The Morgan fingerprint density at radius 3 is 2.60 bits per heavy atom. The van der Waals surface area contributed by atoms with Gasteiger partial charge >= 0.3 is 0 Å². The van der Waals surface area contributed by atoms with Crippen molar-refractivity contribution in [3.8, 4) is 0 Å². The summed E-state index contributed by atoms with van der Waals surface area (Å²) in [7, 11) is 0. The second-order valence-electron chi connectivity index (χ2n) is 5.90. The first-order valence-electron chi connectivity index (χ1n) is 5.67. The van der Waals surface area contributed by atoms with Crippen LogP contribution < -0.4 is 5.73 Å². The Morgan fingerprint density at radius 1 is 1.27 bits per heavy atom. The van der Waals surface area contributed by atoms with E-state index in [0.29, 0.717) is 18.4 Å². The van der Waals surface area contributed by atoms with Crippen LogP contribution in [0.15, 0.2) is 0 Å². The third-order valence-electron chi connectivity index (χ3n) is 4.81. The summed E-state index contributed by atoms with van der Waals surface area (Å²) in [5.74, 6) is 0.921. The van der Waals surface area contributed by atoms with Gasteiger partial charge in [-0.3, -0.25) is 0 Å². The van der Waals surface area contributed by atoms with Crippen molar-refractivity contribution in [1.82, 2.24) is 0 Å². The lowest BCUT2D eigenvalue weighted by Gasteiger charge is -2.62. The average Bonchev–Trinajstić information content (AvgIpc) is 2.12. The second kappa shape index (κ2) is 3.33. The SMILES string of the molecule is Cl.NCC12CC3CC(C1)C(O)C(O)(C3)C2. The predicted molar refractivity (Wildman–Crippen MR) is 59.8 cm³/mol. The highest BCUT2D eigenvalue weighted by Crippen LogP contribution is 2.61. The number of halogens is 1. The van der Waals surface area contributed by atoms with Crippen molar-refractivity contribution in [2.24, 2.45) is 23.0 Å². The zero-order valence-corrected chi connectivity index (χ0v) is 9.67. The van der Waals surface area contributed by atoms with E-state index in [2.05, 4.69) is 0 Å². The Bertz CT molecular complexity index is 269. The van der Waals surface area contributed by atoms with Gasteiger partial charge in [-0.15, -0.1) is 12.4 Å². The fourth-order valence-corrected chi connectivity index (χ4v) is 4.51. The van der Waals surface area contributed by atoms with E-state index in [9.17, 15) is 10.2 Å². The lowest BCUT2D eigenvalue weighted by Crippen LogP contribution is -2.65. The molecule has 0 aromatic heterocycles. The molecule has 0 spiro atoms. The summed E-state index contributed by atoms with van der Waals surface area (Å²) in [6, 6.07) is 0. The van der Waals surface area contributed by atoms with Crippen LogP contribution in [0.4, 0.5) is 0 Å². The average molecular weight is 234 g/mol. The van der Waals surface area contributed by atoms with Gasteiger partial charge in [-0.2, -0.15) is 0 Å². The van der Waals surface area contributed by atoms with E-state index in [4.69, 9.17) is 5.73 Å². The van der Waals surface area contributed by atoms with E-state index in [1.807, 2.05) is 0 Å². The monoisotopic (exact) mass is 233 g/mol. The number of hydrogen-bond donors (Lipinski definition) is 3. The smallest absolute Gasteiger partial charge is 0.0916 e. The molecule has 5 atom stereocenters. The molecule has 0 aromatic rings. The van der Waals surface area contributed by atoms with Crippen molar-refractivity contribution in [2.75, 3.05) is 6.54 Å². The van der Waals surface area contributed by atoms with Crippen molar-refractivity contribution in [2.45, 2.75) is 43.8 Å². The van der Waals surface area contributed by atoms with Crippen LogP contribution >= 0.6 is 12.4 Å². The van der Waals surface area contributed by atoms with Crippen molar-refractivity contribution >= 4 is 12.4 Å². The Morgan fingerprint density at radius 2 is 2.00 bits per heavy atom. The standard InChI is InChI=1S/C11H19NO2.ClH/c12-6-10-2-7-1-8(4-10)9(13)11(14,3-7)5-10;/h7-9,13-14H,1-6,12H2;1H. The molecule has 4 N–H and O–H groups in total. The molecule has 4 bridgehead atoms. The summed E-state index contributed by atoms with van der Waals surface area (Å²) >= 11 is 0. The summed E-state index contributed by atoms with van der Waals surface area (Å²) in [5.41, 5.74) is 5.19. The van der Waals surface area contributed by atoms with Crippen LogP contribution in [0.5, 0.6) is 0 Å². The summed E-state index contributed by atoms with van der Waals surface area (Å²) in [5, 5.41) is 20.4. The van der Waals surface area contributed by atoms with Crippen LogP contribution in [0.3, 0.4) is 0 Å². The van der Waals surface area contributed by atoms with Crippen molar-refractivity contribution < 1.29 is 10.2 Å². The molecule has 88 valence electrons. The van der Waals surface area contributed by atoms with E-state index < -0.39 is 11.7 Å². The zero-order valence-electron chi connectivity index (χ0n) is 8.85. The van der Waals surface area contributed by atoms with Crippen LogP contribution in [0.25, 0.3) is 0 Å². The number of rotatable bonds is 1. The van der Waals surface area contributed by atoms with Gasteiger partial charge in [0.05, 0.1) is 11.7 Å². The number of nitrogens with two attached hydrogens (primary N) is 1.